The van der Waals surface area contributed by atoms with Crippen molar-refractivity contribution in [2.24, 2.45) is 5.10 Å². The van der Waals surface area contributed by atoms with E-state index in [9.17, 15) is 9.59 Å². The van der Waals surface area contributed by atoms with E-state index < -0.39 is 0 Å². The largest absolute Gasteiger partial charge is 0.493 e. The zero-order valence-corrected chi connectivity index (χ0v) is 22.6. The van der Waals surface area contributed by atoms with Gasteiger partial charge < -0.3 is 14.8 Å². The van der Waals surface area contributed by atoms with Crippen LogP contribution < -0.4 is 20.3 Å². The van der Waals surface area contributed by atoms with E-state index in [0.29, 0.717) is 33.7 Å². The molecule has 0 saturated heterocycles. The number of fused-ring (bicyclic) bond motifs is 1. The van der Waals surface area contributed by atoms with Crippen molar-refractivity contribution >= 4 is 40.3 Å². The fraction of sp³-hybridized carbons (Fsp3) is 0.0968. The zero-order chi connectivity index (χ0) is 28.1. The Hall–Kier alpha value is -4.95. The Morgan fingerprint density at radius 2 is 1.75 bits per heavy atom. The lowest BCUT2D eigenvalue weighted by Gasteiger charge is -2.14. The van der Waals surface area contributed by atoms with Gasteiger partial charge in [-0.1, -0.05) is 72.3 Å². The number of para-hydroxylation sites is 2. The Balaban J connectivity index is 1.43. The number of aromatic nitrogens is 2. The van der Waals surface area contributed by atoms with Crippen LogP contribution in [0, 0.1) is 6.92 Å². The van der Waals surface area contributed by atoms with Gasteiger partial charge in [0.05, 0.1) is 29.2 Å². The van der Waals surface area contributed by atoms with E-state index >= 15 is 0 Å². The van der Waals surface area contributed by atoms with E-state index in [1.807, 2.05) is 67.6 Å². The third kappa shape index (κ3) is 5.72. The summed E-state index contributed by atoms with van der Waals surface area (Å²) >= 11 is 6.52. The number of aryl methyl sites for hydroxylation is 1. The Bertz CT molecular complexity index is 1780. The van der Waals surface area contributed by atoms with Crippen LogP contribution in [0.15, 0.2) is 101 Å². The van der Waals surface area contributed by atoms with Crippen LogP contribution in [0.3, 0.4) is 0 Å². The smallest absolute Gasteiger partial charge is 0.282 e. The van der Waals surface area contributed by atoms with E-state index in [4.69, 9.17) is 26.1 Å². The Labute approximate surface area is 235 Å². The van der Waals surface area contributed by atoms with Crippen LogP contribution in [0.25, 0.3) is 22.3 Å². The van der Waals surface area contributed by atoms with Crippen LogP contribution in [-0.4, -0.2) is 35.5 Å². The number of hydrogen-bond acceptors (Lipinski definition) is 6. The molecule has 8 nitrogen and oxygen atoms in total. The summed E-state index contributed by atoms with van der Waals surface area (Å²) in [5.41, 5.74) is 3.21. The average Bonchev–Trinajstić information content (AvgIpc) is 2.97. The fourth-order valence-electron chi connectivity index (χ4n) is 4.12. The van der Waals surface area contributed by atoms with Gasteiger partial charge in [0.1, 0.15) is 0 Å². The molecule has 4 aromatic carbocycles. The number of ether oxygens (including phenoxy) is 2. The van der Waals surface area contributed by atoms with Gasteiger partial charge in [0.15, 0.2) is 23.9 Å². The summed E-state index contributed by atoms with van der Waals surface area (Å²) in [7, 11) is 1.47. The third-order valence-electron chi connectivity index (χ3n) is 6.13. The minimum atomic E-state index is -0.338. The molecule has 1 amide bonds. The van der Waals surface area contributed by atoms with E-state index in [2.05, 4.69) is 10.4 Å². The second-order valence-electron chi connectivity index (χ2n) is 8.87. The molecule has 1 aromatic heterocycles. The zero-order valence-electron chi connectivity index (χ0n) is 21.8. The normalized spacial score (nSPS) is 11.1. The van der Waals surface area contributed by atoms with Gasteiger partial charge in [-0.05, 0) is 48.4 Å². The third-order valence-corrected chi connectivity index (χ3v) is 6.41. The van der Waals surface area contributed by atoms with Crippen molar-refractivity contribution in [2.45, 2.75) is 6.92 Å². The fourth-order valence-corrected chi connectivity index (χ4v) is 4.39. The number of methoxy groups -OCH3 is 1. The van der Waals surface area contributed by atoms with Gasteiger partial charge in [-0.25, -0.2) is 4.98 Å². The van der Waals surface area contributed by atoms with Gasteiger partial charge in [0.25, 0.3) is 11.5 Å². The first-order valence-corrected chi connectivity index (χ1v) is 12.8. The number of anilines is 1. The number of halogens is 1. The number of nitrogens with zero attached hydrogens (tertiary/aromatic N) is 3. The van der Waals surface area contributed by atoms with E-state index in [0.717, 1.165) is 11.1 Å². The first-order valence-electron chi connectivity index (χ1n) is 12.4. The second-order valence-corrected chi connectivity index (χ2v) is 9.27. The summed E-state index contributed by atoms with van der Waals surface area (Å²) in [6, 6.07) is 27.2. The lowest BCUT2D eigenvalue weighted by molar-refractivity contribution is -0.118. The molecule has 0 fully saturated rings. The summed E-state index contributed by atoms with van der Waals surface area (Å²) in [6.45, 7) is 1.64. The summed E-state index contributed by atoms with van der Waals surface area (Å²) in [6.07, 6.45) is 1.49. The van der Waals surface area contributed by atoms with Crippen LogP contribution in [-0.2, 0) is 4.79 Å². The predicted octanol–water partition coefficient (Wildman–Crippen LogP) is 5.93. The number of benzene rings is 4. The van der Waals surface area contributed by atoms with Gasteiger partial charge in [-0.2, -0.15) is 9.78 Å². The highest BCUT2D eigenvalue weighted by Gasteiger charge is 2.15. The van der Waals surface area contributed by atoms with Crippen molar-refractivity contribution in [3.8, 4) is 22.9 Å². The quantitative estimate of drug-likeness (QED) is 0.241. The summed E-state index contributed by atoms with van der Waals surface area (Å²) < 4.78 is 12.5. The molecule has 0 aliphatic carbocycles. The molecule has 1 heterocycles. The van der Waals surface area contributed by atoms with Crippen LogP contribution >= 0.6 is 11.6 Å². The molecule has 200 valence electrons. The Morgan fingerprint density at radius 3 is 2.52 bits per heavy atom. The van der Waals surface area contributed by atoms with Gasteiger partial charge >= 0.3 is 0 Å². The molecular formula is C31H25ClN4O4. The first kappa shape index (κ1) is 26.6. The highest BCUT2D eigenvalue weighted by Crippen LogP contribution is 2.36. The summed E-state index contributed by atoms with van der Waals surface area (Å²) in [5.74, 6) is 0.591. The number of carbonyl (C=O) groups is 1. The second kappa shape index (κ2) is 11.8. The maximum Gasteiger partial charge on any atom is 0.282 e. The van der Waals surface area contributed by atoms with Crippen LogP contribution in [0.5, 0.6) is 11.5 Å². The number of amides is 1. The Kier molecular flexibility index (Phi) is 7.89. The van der Waals surface area contributed by atoms with Gasteiger partial charge in [-0.3, -0.25) is 9.59 Å². The van der Waals surface area contributed by atoms with Crippen molar-refractivity contribution < 1.29 is 14.3 Å². The van der Waals surface area contributed by atoms with Crippen molar-refractivity contribution in [3.05, 3.63) is 117 Å². The molecule has 9 heteroatoms. The highest BCUT2D eigenvalue weighted by molar-refractivity contribution is 6.32. The molecule has 0 unspecified atom stereocenters. The molecule has 0 spiro atoms. The van der Waals surface area contributed by atoms with Crippen molar-refractivity contribution in [1.29, 1.82) is 0 Å². The molecule has 0 atom stereocenters. The van der Waals surface area contributed by atoms with Crippen LogP contribution in [0.4, 0.5) is 5.69 Å². The standard InChI is InChI=1S/C31H25ClN4O4/c1-20-10-6-8-14-25(20)34-28(37)19-40-29-24(32)16-21(17-27(29)39-2)18-33-36-30(22-11-4-3-5-12-22)35-26-15-9-7-13-23(26)31(36)38/h3-18H,19H2,1-2H3,(H,34,37). The average molecular weight is 553 g/mol. The van der Waals surface area contributed by atoms with Crippen molar-refractivity contribution in [1.82, 2.24) is 9.66 Å². The molecule has 5 rings (SSSR count). The molecule has 40 heavy (non-hydrogen) atoms. The monoisotopic (exact) mass is 552 g/mol. The molecule has 0 radical (unpaired) electrons. The van der Waals surface area contributed by atoms with E-state index in [1.165, 1.54) is 18.0 Å². The van der Waals surface area contributed by atoms with Crippen LogP contribution in [0.1, 0.15) is 11.1 Å². The maximum absolute atomic E-state index is 13.4. The van der Waals surface area contributed by atoms with Crippen molar-refractivity contribution in [2.75, 3.05) is 19.0 Å². The first-order chi connectivity index (χ1) is 19.4. The number of carbonyl (C=O) groups excluding carboxylic acids is 1. The molecule has 0 aliphatic heterocycles. The number of rotatable bonds is 8. The topological polar surface area (TPSA) is 94.8 Å². The number of hydrogen-bond donors (Lipinski definition) is 1. The molecule has 5 aromatic rings. The highest BCUT2D eigenvalue weighted by atomic mass is 35.5. The van der Waals surface area contributed by atoms with E-state index in [1.54, 1.807) is 30.3 Å². The van der Waals surface area contributed by atoms with Crippen LogP contribution in [0.2, 0.25) is 5.02 Å². The SMILES string of the molecule is COc1cc(C=Nn2c(-c3ccccc3)nc3ccccc3c2=O)cc(Cl)c1OCC(=O)Nc1ccccc1C. The lowest BCUT2D eigenvalue weighted by atomic mass is 10.2. The number of nitrogens with one attached hydrogen (secondary N) is 1. The van der Waals surface area contributed by atoms with Gasteiger partial charge in [-0.15, -0.1) is 0 Å². The molecular weight excluding hydrogens is 528 g/mol. The lowest BCUT2D eigenvalue weighted by Crippen LogP contribution is -2.21. The molecule has 0 bridgehead atoms. The summed E-state index contributed by atoms with van der Waals surface area (Å²) in [5, 5.41) is 7.96. The summed E-state index contributed by atoms with van der Waals surface area (Å²) in [4.78, 5) is 30.6. The predicted molar refractivity (Wildman–Crippen MR) is 158 cm³/mol. The minimum Gasteiger partial charge on any atom is -0.493 e. The van der Waals surface area contributed by atoms with Crippen molar-refractivity contribution in [3.63, 3.8) is 0 Å². The molecule has 1 N–H and O–H groups in total. The minimum absolute atomic E-state index is 0.218. The van der Waals surface area contributed by atoms with Gasteiger partial charge in [0, 0.05) is 11.3 Å². The Morgan fingerprint density at radius 1 is 1.02 bits per heavy atom. The van der Waals surface area contributed by atoms with Gasteiger partial charge in [0.2, 0.25) is 0 Å². The van der Waals surface area contributed by atoms with E-state index in [-0.39, 0.29) is 28.8 Å². The molecule has 0 saturated carbocycles. The molecule has 0 aliphatic rings. The maximum atomic E-state index is 13.4.